The molecule has 1 aliphatic heterocycles. The van der Waals surface area contributed by atoms with Crippen molar-refractivity contribution in [3.8, 4) is 0 Å². The number of imidazole rings is 1. The van der Waals surface area contributed by atoms with Crippen molar-refractivity contribution in [3.05, 3.63) is 54.4 Å². The first-order chi connectivity index (χ1) is 11.9. The molecule has 120 valence electrons. The molecule has 1 fully saturated rings. The lowest BCUT2D eigenvalue weighted by atomic mass is 9.98. The van der Waals surface area contributed by atoms with Gasteiger partial charge in [0.1, 0.15) is 11.3 Å². The van der Waals surface area contributed by atoms with Gasteiger partial charge in [0.05, 0.1) is 11.0 Å². The predicted octanol–water partition coefficient (Wildman–Crippen LogP) is 4.09. The first-order valence-electron chi connectivity index (χ1n) is 8.42. The summed E-state index contributed by atoms with van der Waals surface area (Å²) in [6.45, 7) is 1.86. The van der Waals surface area contributed by atoms with E-state index in [2.05, 4.69) is 27.0 Å². The lowest BCUT2D eigenvalue weighted by molar-refractivity contribution is 0.459. The summed E-state index contributed by atoms with van der Waals surface area (Å²) >= 11 is 0. The Labute approximate surface area is 139 Å². The Kier molecular flexibility index (Phi) is 3.04. The van der Waals surface area contributed by atoms with E-state index in [-0.39, 0.29) is 0 Å². The van der Waals surface area contributed by atoms with Gasteiger partial charge in [-0.15, -0.1) is 0 Å². The van der Waals surface area contributed by atoms with Gasteiger partial charge in [-0.25, -0.2) is 4.98 Å². The van der Waals surface area contributed by atoms with Gasteiger partial charge in [0.2, 0.25) is 0 Å². The normalized spacial score (nSPS) is 18.5. The number of nitrogens with one attached hydrogen (secondary N) is 1. The largest absolute Gasteiger partial charge is 0.423 e. The standard InChI is InChI=1S/C19H18N4O/c1-2-8-15-14(7-1)20-18(21-15)13-6-5-11-23(12-13)19-22-16-9-3-4-10-17(16)24-19/h1-4,7-10,13H,5-6,11-12H2,(H,20,21). The number of hydrogen-bond acceptors (Lipinski definition) is 4. The Hall–Kier alpha value is -2.82. The molecule has 1 atom stereocenters. The van der Waals surface area contributed by atoms with Crippen molar-refractivity contribution >= 4 is 28.1 Å². The molecule has 2 aromatic heterocycles. The molecular formula is C19H18N4O. The summed E-state index contributed by atoms with van der Waals surface area (Å²) < 4.78 is 5.93. The monoisotopic (exact) mass is 318 g/mol. The molecule has 3 heterocycles. The summed E-state index contributed by atoms with van der Waals surface area (Å²) in [5, 5.41) is 0. The highest BCUT2D eigenvalue weighted by Crippen LogP contribution is 2.30. The molecule has 0 bridgehead atoms. The molecule has 5 rings (SSSR count). The number of hydrogen-bond donors (Lipinski definition) is 1. The minimum Gasteiger partial charge on any atom is -0.423 e. The molecule has 2 aromatic carbocycles. The topological polar surface area (TPSA) is 58.0 Å². The van der Waals surface area contributed by atoms with Crippen molar-refractivity contribution in [3.63, 3.8) is 0 Å². The third-order valence-corrected chi connectivity index (χ3v) is 4.77. The molecular weight excluding hydrogens is 300 g/mol. The van der Waals surface area contributed by atoms with Gasteiger partial charge in [0.25, 0.3) is 6.01 Å². The number of piperidine rings is 1. The van der Waals surface area contributed by atoms with Crippen LogP contribution < -0.4 is 4.90 Å². The number of oxazole rings is 1. The molecule has 5 nitrogen and oxygen atoms in total. The maximum absolute atomic E-state index is 5.93. The van der Waals surface area contributed by atoms with Gasteiger partial charge in [-0.3, -0.25) is 0 Å². The van der Waals surface area contributed by atoms with Gasteiger partial charge in [0.15, 0.2) is 5.58 Å². The summed E-state index contributed by atoms with van der Waals surface area (Å²) in [7, 11) is 0. The van der Waals surface area contributed by atoms with Crippen LogP contribution in [0.3, 0.4) is 0 Å². The van der Waals surface area contributed by atoms with Crippen molar-refractivity contribution in [1.29, 1.82) is 0 Å². The van der Waals surface area contributed by atoms with Crippen molar-refractivity contribution in [2.75, 3.05) is 18.0 Å². The van der Waals surface area contributed by atoms with Crippen LogP contribution in [0.5, 0.6) is 0 Å². The van der Waals surface area contributed by atoms with E-state index in [9.17, 15) is 0 Å². The number of nitrogens with zero attached hydrogens (tertiary/aromatic N) is 3. The number of aromatic amines is 1. The predicted molar refractivity (Wildman–Crippen MR) is 94.3 cm³/mol. The smallest absolute Gasteiger partial charge is 0.298 e. The fourth-order valence-electron chi connectivity index (χ4n) is 3.54. The highest BCUT2D eigenvalue weighted by atomic mass is 16.4. The van der Waals surface area contributed by atoms with Gasteiger partial charge >= 0.3 is 0 Å². The highest BCUT2D eigenvalue weighted by Gasteiger charge is 2.26. The first kappa shape index (κ1) is 13.6. The number of para-hydroxylation sites is 4. The van der Waals surface area contributed by atoms with Crippen LogP contribution in [-0.2, 0) is 0 Å². The van der Waals surface area contributed by atoms with E-state index in [1.807, 2.05) is 36.4 Å². The number of H-pyrrole nitrogens is 1. The zero-order valence-electron chi connectivity index (χ0n) is 13.3. The SMILES string of the molecule is c1ccc2[nH]c(C3CCCN(c4nc5ccccc5o4)C3)nc2c1. The Bertz CT molecular complexity index is 857. The lowest BCUT2D eigenvalue weighted by Crippen LogP contribution is -2.34. The third kappa shape index (κ3) is 2.24. The number of fused-ring (bicyclic) bond motifs is 2. The van der Waals surface area contributed by atoms with E-state index >= 15 is 0 Å². The van der Waals surface area contributed by atoms with E-state index in [1.165, 1.54) is 0 Å². The van der Waals surface area contributed by atoms with E-state index in [4.69, 9.17) is 9.40 Å². The minimum atomic E-state index is 0.376. The maximum Gasteiger partial charge on any atom is 0.298 e. The third-order valence-electron chi connectivity index (χ3n) is 4.77. The second-order valence-corrected chi connectivity index (χ2v) is 6.39. The molecule has 0 aliphatic carbocycles. The lowest BCUT2D eigenvalue weighted by Gasteiger charge is -2.30. The van der Waals surface area contributed by atoms with E-state index in [0.717, 1.165) is 59.9 Å². The minimum absolute atomic E-state index is 0.376. The number of aromatic nitrogens is 3. The van der Waals surface area contributed by atoms with Crippen molar-refractivity contribution in [2.45, 2.75) is 18.8 Å². The average Bonchev–Trinajstić information content (AvgIpc) is 3.26. The van der Waals surface area contributed by atoms with Crippen LogP contribution >= 0.6 is 0 Å². The molecule has 1 N–H and O–H groups in total. The quantitative estimate of drug-likeness (QED) is 0.605. The Morgan fingerprint density at radius 3 is 2.71 bits per heavy atom. The van der Waals surface area contributed by atoms with Crippen LogP contribution in [0.1, 0.15) is 24.6 Å². The van der Waals surface area contributed by atoms with Crippen molar-refractivity contribution < 1.29 is 4.42 Å². The van der Waals surface area contributed by atoms with Gasteiger partial charge in [-0.2, -0.15) is 4.98 Å². The molecule has 5 heteroatoms. The Morgan fingerprint density at radius 2 is 1.83 bits per heavy atom. The second kappa shape index (κ2) is 5.37. The fraction of sp³-hybridized carbons (Fsp3) is 0.263. The van der Waals surface area contributed by atoms with Crippen molar-refractivity contribution in [2.24, 2.45) is 0 Å². The number of anilines is 1. The first-order valence-corrected chi connectivity index (χ1v) is 8.42. The van der Waals surface area contributed by atoms with Crippen LogP contribution in [0.4, 0.5) is 6.01 Å². The van der Waals surface area contributed by atoms with E-state index in [0.29, 0.717) is 5.92 Å². The molecule has 0 amide bonds. The molecule has 1 saturated heterocycles. The summed E-state index contributed by atoms with van der Waals surface area (Å²) in [6.07, 6.45) is 2.25. The van der Waals surface area contributed by atoms with Crippen LogP contribution in [0, 0.1) is 0 Å². The van der Waals surface area contributed by atoms with Crippen LogP contribution in [0.15, 0.2) is 52.9 Å². The molecule has 4 aromatic rings. The molecule has 0 radical (unpaired) electrons. The van der Waals surface area contributed by atoms with Crippen molar-refractivity contribution in [1.82, 2.24) is 15.0 Å². The van der Waals surface area contributed by atoms with Gasteiger partial charge < -0.3 is 14.3 Å². The number of rotatable bonds is 2. The molecule has 24 heavy (non-hydrogen) atoms. The van der Waals surface area contributed by atoms with Gasteiger partial charge in [-0.1, -0.05) is 24.3 Å². The zero-order chi connectivity index (χ0) is 15.9. The maximum atomic E-state index is 5.93. The summed E-state index contributed by atoms with van der Waals surface area (Å²) in [6, 6.07) is 16.8. The summed E-state index contributed by atoms with van der Waals surface area (Å²) in [4.78, 5) is 15.1. The molecule has 1 aliphatic rings. The fourth-order valence-corrected chi connectivity index (χ4v) is 3.54. The molecule has 1 unspecified atom stereocenters. The zero-order valence-corrected chi connectivity index (χ0v) is 13.3. The summed E-state index contributed by atoms with van der Waals surface area (Å²) in [5.41, 5.74) is 3.90. The van der Waals surface area contributed by atoms with Gasteiger partial charge in [-0.05, 0) is 37.1 Å². The molecule has 0 spiro atoms. The Morgan fingerprint density at radius 1 is 1.00 bits per heavy atom. The van der Waals surface area contributed by atoms with Crippen LogP contribution in [-0.4, -0.2) is 28.0 Å². The highest BCUT2D eigenvalue weighted by molar-refractivity contribution is 5.75. The second-order valence-electron chi connectivity index (χ2n) is 6.39. The van der Waals surface area contributed by atoms with Crippen LogP contribution in [0.2, 0.25) is 0 Å². The average molecular weight is 318 g/mol. The van der Waals surface area contributed by atoms with Crippen LogP contribution in [0.25, 0.3) is 22.1 Å². The molecule has 0 saturated carbocycles. The van der Waals surface area contributed by atoms with Gasteiger partial charge in [0, 0.05) is 19.0 Å². The summed E-state index contributed by atoms with van der Waals surface area (Å²) in [5.74, 6) is 1.44. The number of benzene rings is 2. The Balaban J connectivity index is 1.45. The van der Waals surface area contributed by atoms with E-state index in [1.54, 1.807) is 0 Å². The van der Waals surface area contributed by atoms with E-state index < -0.39 is 0 Å².